The van der Waals surface area contributed by atoms with Crippen LogP contribution in [0, 0.1) is 6.92 Å². The standard InChI is InChI=1S/C12H11Cl2N3O2/c1-6-3-4-7(13)10(8(6)14)17-5-16-9(11(17)15)12(18)19-2/h3-5H,15H2,1-2H3. The summed E-state index contributed by atoms with van der Waals surface area (Å²) in [6.45, 7) is 1.84. The van der Waals surface area contributed by atoms with Gasteiger partial charge in [0.25, 0.3) is 0 Å². The second kappa shape index (κ2) is 5.11. The molecule has 0 bridgehead atoms. The Labute approximate surface area is 119 Å². The number of carbonyl (C=O) groups excluding carboxylic acids is 1. The van der Waals surface area contributed by atoms with Gasteiger partial charge in [-0.25, -0.2) is 9.78 Å². The third kappa shape index (κ3) is 2.27. The predicted octanol–water partition coefficient (Wildman–Crippen LogP) is 2.86. The van der Waals surface area contributed by atoms with Gasteiger partial charge in [0.05, 0.1) is 22.8 Å². The molecule has 0 atom stereocenters. The number of anilines is 1. The van der Waals surface area contributed by atoms with Crippen molar-refractivity contribution in [3.05, 3.63) is 39.8 Å². The van der Waals surface area contributed by atoms with E-state index < -0.39 is 5.97 Å². The van der Waals surface area contributed by atoms with Crippen molar-refractivity contribution in [1.29, 1.82) is 0 Å². The van der Waals surface area contributed by atoms with Crippen molar-refractivity contribution >= 4 is 35.0 Å². The van der Waals surface area contributed by atoms with Crippen LogP contribution in [-0.2, 0) is 4.74 Å². The molecule has 7 heteroatoms. The fraction of sp³-hybridized carbons (Fsp3) is 0.167. The molecule has 1 heterocycles. The van der Waals surface area contributed by atoms with Crippen molar-refractivity contribution in [3.8, 4) is 5.69 Å². The van der Waals surface area contributed by atoms with Gasteiger partial charge >= 0.3 is 5.97 Å². The smallest absolute Gasteiger partial charge is 0.360 e. The highest BCUT2D eigenvalue weighted by Gasteiger charge is 2.20. The number of nitrogen functional groups attached to an aromatic ring is 1. The van der Waals surface area contributed by atoms with Gasteiger partial charge in [0.1, 0.15) is 12.1 Å². The first-order chi connectivity index (χ1) is 8.97. The molecule has 0 saturated heterocycles. The molecule has 2 N–H and O–H groups in total. The lowest BCUT2D eigenvalue weighted by Crippen LogP contribution is -2.08. The zero-order chi connectivity index (χ0) is 14.2. The number of carbonyl (C=O) groups is 1. The number of aryl methyl sites for hydroxylation is 1. The largest absolute Gasteiger partial charge is 0.464 e. The SMILES string of the molecule is COC(=O)c1ncn(-c2c(Cl)ccc(C)c2Cl)c1N. The Bertz CT molecular complexity index is 653. The molecule has 0 spiro atoms. The lowest BCUT2D eigenvalue weighted by molar-refractivity contribution is 0.0596. The molecule has 2 rings (SSSR count). The first kappa shape index (κ1) is 13.7. The quantitative estimate of drug-likeness (QED) is 0.866. The van der Waals surface area contributed by atoms with Gasteiger partial charge in [0, 0.05) is 0 Å². The van der Waals surface area contributed by atoms with Crippen molar-refractivity contribution in [3.63, 3.8) is 0 Å². The summed E-state index contributed by atoms with van der Waals surface area (Å²) < 4.78 is 6.05. The summed E-state index contributed by atoms with van der Waals surface area (Å²) in [7, 11) is 1.26. The average Bonchev–Trinajstić information content (AvgIpc) is 2.76. The predicted molar refractivity (Wildman–Crippen MR) is 74.1 cm³/mol. The van der Waals surface area contributed by atoms with E-state index >= 15 is 0 Å². The minimum atomic E-state index is -0.615. The Morgan fingerprint density at radius 2 is 2.11 bits per heavy atom. The van der Waals surface area contributed by atoms with Crippen molar-refractivity contribution in [2.75, 3.05) is 12.8 Å². The van der Waals surface area contributed by atoms with Crippen LogP contribution in [0.3, 0.4) is 0 Å². The van der Waals surface area contributed by atoms with Crippen LogP contribution in [0.2, 0.25) is 10.0 Å². The lowest BCUT2D eigenvalue weighted by atomic mass is 10.2. The number of benzene rings is 1. The van der Waals surface area contributed by atoms with Crippen molar-refractivity contribution < 1.29 is 9.53 Å². The van der Waals surface area contributed by atoms with Gasteiger partial charge in [0.15, 0.2) is 5.69 Å². The minimum Gasteiger partial charge on any atom is -0.464 e. The van der Waals surface area contributed by atoms with E-state index in [2.05, 4.69) is 9.72 Å². The van der Waals surface area contributed by atoms with Crippen LogP contribution in [-0.4, -0.2) is 22.6 Å². The molecule has 0 amide bonds. The summed E-state index contributed by atoms with van der Waals surface area (Å²) in [6, 6.07) is 3.50. The fourth-order valence-electron chi connectivity index (χ4n) is 1.65. The number of methoxy groups -OCH3 is 1. The Hall–Kier alpha value is -1.72. The molecule has 100 valence electrons. The zero-order valence-corrected chi connectivity index (χ0v) is 11.8. The molecule has 1 aromatic carbocycles. The summed E-state index contributed by atoms with van der Waals surface area (Å²) >= 11 is 12.3. The van der Waals surface area contributed by atoms with E-state index in [1.165, 1.54) is 18.0 Å². The van der Waals surface area contributed by atoms with Crippen molar-refractivity contribution in [1.82, 2.24) is 9.55 Å². The minimum absolute atomic E-state index is 0.0242. The summed E-state index contributed by atoms with van der Waals surface area (Å²) in [5.41, 5.74) is 7.24. The molecule has 0 aliphatic rings. The number of hydrogen-bond donors (Lipinski definition) is 1. The molecule has 1 aromatic heterocycles. The lowest BCUT2D eigenvalue weighted by Gasteiger charge is -2.11. The van der Waals surface area contributed by atoms with E-state index in [9.17, 15) is 4.79 Å². The number of nitrogens with zero attached hydrogens (tertiary/aromatic N) is 2. The van der Waals surface area contributed by atoms with Gasteiger partial charge in [-0.05, 0) is 18.6 Å². The van der Waals surface area contributed by atoms with Crippen molar-refractivity contribution in [2.24, 2.45) is 0 Å². The highest BCUT2D eigenvalue weighted by molar-refractivity contribution is 6.38. The first-order valence-electron chi connectivity index (χ1n) is 5.33. The van der Waals surface area contributed by atoms with Crippen LogP contribution in [0.1, 0.15) is 16.1 Å². The van der Waals surface area contributed by atoms with E-state index in [0.29, 0.717) is 15.7 Å². The van der Waals surface area contributed by atoms with Crippen LogP contribution >= 0.6 is 23.2 Å². The molecule has 0 saturated carbocycles. The maximum atomic E-state index is 11.5. The maximum Gasteiger partial charge on any atom is 0.360 e. The van der Waals surface area contributed by atoms with E-state index in [1.54, 1.807) is 12.1 Å². The highest BCUT2D eigenvalue weighted by atomic mass is 35.5. The molecular formula is C12H11Cl2N3O2. The number of ether oxygens (including phenoxy) is 1. The highest BCUT2D eigenvalue weighted by Crippen LogP contribution is 2.33. The van der Waals surface area contributed by atoms with Crippen LogP contribution < -0.4 is 5.73 Å². The van der Waals surface area contributed by atoms with E-state index in [4.69, 9.17) is 28.9 Å². The van der Waals surface area contributed by atoms with Crippen LogP contribution in [0.15, 0.2) is 18.5 Å². The van der Waals surface area contributed by atoms with E-state index in [-0.39, 0.29) is 11.5 Å². The van der Waals surface area contributed by atoms with E-state index in [0.717, 1.165) is 5.56 Å². The second-order valence-corrected chi connectivity index (χ2v) is 4.65. The maximum absolute atomic E-state index is 11.5. The average molecular weight is 300 g/mol. The third-order valence-corrected chi connectivity index (χ3v) is 3.47. The first-order valence-corrected chi connectivity index (χ1v) is 6.09. The summed E-state index contributed by atoms with van der Waals surface area (Å²) in [5, 5.41) is 0.865. The van der Waals surface area contributed by atoms with Gasteiger partial charge in [-0.3, -0.25) is 4.57 Å². The van der Waals surface area contributed by atoms with Crippen molar-refractivity contribution in [2.45, 2.75) is 6.92 Å². The Morgan fingerprint density at radius 1 is 1.42 bits per heavy atom. The Morgan fingerprint density at radius 3 is 2.74 bits per heavy atom. The van der Waals surface area contributed by atoms with E-state index in [1.807, 2.05) is 6.92 Å². The van der Waals surface area contributed by atoms with Crippen LogP contribution in [0.4, 0.5) is 5.82 Å². The summed E-state index contributed by atoms with van der Waals surface area (Å²) in [4.78, 5) is 15.4. The normalized spacial score (nSPS) is 10.5. The number of nitrogens with two attached hydrogens (primary N) is 1. The number of halogens is 2. The van der Waals surface area contributed by atoms with Crippen LogP contribution in [0.5, 0.6) is 0 Å². The number of rotatable bonds is 2. The van der Waals surface area contributed by atoms with Gasteiger partial charge in [-0.1, -0.05) is 29.3 Å². The summed E-state index contributed by atoms with van der Waals surface area (Å²) in [6.07, 6.45) is 1.38. The molecule has 0 aliphatic heterocycles. The fourth-order valence-corrected chi connectivity index (χ4v) is 2.21. The topological polar surface area (TPSA) is 70.1 Å². The number of aromatic nitrogens is 2. The van der Waals surface area contributed by atoms with Gasteiger partial charge in [-0.2, -0.15) is 0 Å². The zero-order valence-electron chi connectivity index (χ0n) is 10.3. The van der Waals surface area contributed by atoms with Gasteiger partial charge in [-0.15, -0.1) is 0 Å². The van der Waals surface area contributed by atoms with Gasteiger partial charge in [0.2, 0.25) is 0 Å². The summed E-state index contributed by atoms with van der Waals surface area (Å²) in [5.74, 6) is -0.489. The Balaban J connectivity index is 2.64. The second-order valence-electron chi connectivity index (χ2n) is 3.87. The third-order valence-electron chi connectivity index (χ3n) is 2.68. The van der Waals surface area contributed by atoms with Gasteiger partial charge < -0.3 is 10.5 Å². The molecule has 5 nitrogen and oxygen atoms in total. The molecule has 0 aliphatic carbocycles. The number of esters is 1. The number of hydrogen-bond acceptors (Lipinski definition) is 4. The molecule has 0 unspecified atom stereocenters. The molecule has 0 radical (unpaired) electrons. The molecule has 0 fully saturated rings. The monoisotopic (exact) mass is 299 g/mol. The molecule has 2 aromatic rings. The molecular weight excluding hydrogens is 289 g/mol. The molecule has 19 heavy (non-hydrogen) atoms. The Kier molecular flexibility index (Phi) is 3.68. The van der Waals surface area contributed by atoms with Crippen LogP contribution in [0.25, 0.3) is 5.69 Å². The number of imidazole rings is 1.